The first kappa shape index (κ1) is 18.8. The molecule has 0 radical (unpaired) electrons. The van der Waals surface area contributed by atoms with Crippen LogP contribution in [0.4, 0.5) is 0 Å². The largest absolute Gasteiger partial charge is 0.299 e. The lowest BCUT2D eigenvalue weighted by atomic mass is 10.1. The molecule has 0 aromatic carbocycles. The molecule has 1 saturated heterocycles. The molecular weight excluding hydrogens is 322 g/mol. The van der Waals surface area contributed by atoms with Crippen molar-refractivity contribution >= 4 is 0 Å². The SMILES string of the molecule is C=CCn1ncc(CN(Cc2ccccn2)CC2CCCN2CC)c1C. The molecular formula is C21H31N5. The van der Waals surface area contributed by atoms with Crippen LogP contribution in [-0.4, -0.2) is 50.2 Å². The Morgan fingerprint density at radius 1 is 1.35 bits per heavy atom. The minimum Gasteiger partial charge on any atom is -0.299 e. The van der Waals surface area contributed by atoms with Crippen LogP contribution in [0.15, 0.2) is 43.2 Å². The summed E-state index contributed by atoms with van der Waals surface area (Å²) < 4.78 is 2.02. The molecule has 0 amide bonds. The lowest BCUT2D eigenvalue weighted by Crippen LogP contribution is -2.40. The molecule has 140 valence electrons. The van der Waals surface area contributed by atoms with E-state index in [-0.39, 0.29) is 0 Å². The van der Waals surface area contributed by atoms with Gasteiger partial charge in [-0.2, -0.15) is 5.10 Å². The number of hydrogen-bond acceptors (Lipinski definition) is 4. The average Bonchev–Trinajstić information content (AvgIpc) is 3.24. The van der Waals surface area contributed by atoms with Gasteiger partial charge in [0.2, 0.25) is 0 Å². The molecule has 2 aromatic heterocycles. The second-order valence-corrected chi connectivity index (χ2v) is 7.14. The van der Waals surface area contributed by atoms with Gasteiger partial charge in [0, 0.05) is 43.1 Å². The maximum atomic E-state index is 4.54. The Kier molecular flexibility index (Phi) is 6.58. The van der Waals surface area contributed by atoms with Crippen LogP contribution in [0.2, 0.25) is 0 Å². The molecule has 3 rings (SSSR count). The van der Waals surface area contributed by atoms with E-state index in [0.29, 0.717) is 6.04 Å². The van der Waals surface area contributed by atoms with Crippen molar-refractivity contribution in [1.29, 1.82) is 0 Å². The normalized spacial score (nSPS) is 17.9. The predicted molar refractivity (Wildman–Crippen MR) is 106 cm³/mol. The first-order chi connectivity index (χ1) is 12.7. The number of hydrogen-bond donors (Lipinski definition) is 0. The summed E-state index contributed by atoms with van der Waals surface area (Å²) in [6.07, 6.45) is 8.39. The number of likely N-dealkylation sites (tertiary alicyclic amines) is 1. The minimum atomic E-state index is 0.646. The molecule has 0 bridgehead atoms. The summed E-state index contributed by atoms with van der Waals surface area (Å²) in [7, 11) is 0. The van der Waals surface area contributed by atoms with Gasteiger partial charge in [-0.1, -0.05) is 19.1 Å². The number of nitrogens with zero attached hydrogens (tertiary/aromatic N) is 5. The number of aromatic nitrogens is 3. The highest BCUT2D eigenvalue weighted by Gasteiger charge is 2.25. The van der Waals surface area contributed by atoms with E-state index in [9.17, 15) is 0 Å². The van der Waals surface area contributed by atoms with Crippen LogP contribution in [0.1, 0.15) is 36.7 Å². The summed E-state index contributed by atoms with van der Waals surface area (Å²) in [6.45, 7) is 14.2. The van der Waals surface area contributed by atoms with Crippen LogP contribution < -0.4 is 0 Å². The summed E-state index contributed by atoms with van der Waals surface area (Å²) in [5.74, 6) is 0. The molecule has 2 aromatic rings. The third-order valence-corrected chi connectivity index (χ3v) is 5.39. The molecule has 1 atom stereocenters. The zero-order valence-electron chi connectivity index (χ0n) is 16.1. The van der Waals surface area contributed by atoms with Gasteiger partial charge >= 0.3 is 0 Å². The smallest absolute Gasteiger partial charge is 0.0590 e. The van der Waals surface area contributed by atoms with E-state index < -0.39 is 0 Å². The van der Waals surface area contributed by atoms with Gasteiger partial charge in [0.25, 0.3) is 0 Å². The van der Waals surface area contributed by atoms with Crippen LogP contribution in [0, 0.1) is 6.92 Å². The lowest BCUT2D eigenvalue weighted by Gasteiger charge is -2.30. The van der Waals surface area contributed by atoms with Gasteiger partial charge in [-0.3, -0.25) is 19.5 Å². The van der Waals surface area contributed by atoms with Crippen molar-refractivity contribution in [2.24, 2.45) is 0 Å². The van der Waals surface area contributed by atoms with Gasteiger partial charge < -0.3 is 0 Å². The molecule has 1 fully saturated rings. The molecule has 0 spiro atoms. The predicted octanol–water partition coefficient (Wildman–Crippen LogP) is 3.26. The maximum absolute atomic E-state index is 4.54. The minimum absolute atomic E-state index is 0.646. The van der Waals surface area contributed by atoms with Crippen molar-refractivity contribution in [3.05, 3.63) is 60.2 Å². The van der Waals surface area contributed by atoms with Crippen LogP contribution in [0.3, 0.4) is 0 Å². The van der Waals surface area contributed by atoms with Crippen LogP contribution >= 0.6 is 0 Å². The molecule has 1 aliphatic rings. The van der Waals surface area contributed by atoms with E-state index in [1.165, 1.54) is 30.6 Å². The van der Waals surface area contributed by atoms with Crippen LogP contribution in [0.25, 0.3) is 0 Å². The Morgan fingerprint density at radius 3 is 2.96 bits per heavy atom. The van der Waals surface area contributed by atoms with Crippen molar-refractivity contribution < 1.29 is 0 Å². The fraction of sp³-hybridized carbons (Fsp3) is 0.524. The molecule has 1 aliphatic heterocycles. The van der Waals surface area contributed by atoms with Crippen molar-refractivity contribution in [3.63, 3.8) is 0 Å². The molecule has 3 heterocycles. The summed E-state index contributed by atoms with van der Waals surface area (Å²) in [5.41, 5.74) is 3.66. The third kappa shape index (κ3) is 4.59. The second-order valence-electron chi connectivity index (χ2n) is 7.14. The van der Waals surface area contributed by atoms with Gasteiger partial charge in [-0.15, -0.1) is 6.58 Å². The van der Waals surface area contributed by atoms with Gasteiger partial charge in [0.05, 0.1) is 18.4 Å². The molecule has 5 nitrogen and oxygen atoms in total. The fourth-order valence-corrected chi connectivity index (χ4v) is 3.91. The van der Waals surface area contributed by atoms with E-state index in [0.717, 1.165) is 38.4 Å². The topological polar surface area (TPSA) is 37.2 Å². The summed E-state index contributed by atoms with van der Waals surface area (Å²) in [5, 5.41) is 4.52. The molecule has 0 saturated carbocycles. The van der Waals surface area contributed by atoms with Crippen LogP contribution in [-0.2, 0) is 19.6 Å². The zero-order chi connectivity index (χ0) is 18.4. The van der Waals surface area contributed by atoms with E-state index in [2.05, 4.69) is 52.4 Å². The van der Waals surface area contributed by atoms with E-state index in [1.54, 1.807) is 0 Å². The van der Waals surface area contributed by atoms with Crippen molar-refractivity contribution in [1.82, 2.24) is 24.6 Å². The Bertz CT molecular complexity index is 694. The molecule has 1 unspecified atom stereocenters. The van der Waals surface area contributed by atoms with Crippen molar-refractivity contribution in [2.75, 3.05) is 19.6 Å². The maximum Gasteiger partial charge on any atom is 0.0590 e. The Hall–Kier alpha value is -1.98. The molecule has 0 N–H and O–H groups in total. The molecule has 0 aliphatic carbocycles. The Morgan fingerprint density at radius 2 is 2.23 bits per heavy atom. The molecule has 5 heteroatoms. The van der Waals surface area contributed by atoms with E-state index >= 15 is 0 Å². The third-order valence-electron chi connectivity index (χ3n) is 5.39. The zero-order valence-corrected chi connectivity index (χ0v) is 16.1. The van der Waals surface area contributed by atoms with E-state index in [1.807, 2.05) is 29.2 Å². The summed E-state index contributed by atoms with van der Waals surface area (Å²) in [6, 6.07) is 6.81. The second kappa shape index (κ2) is 9.10. The van der Waals surface area contributed by atoms with Crippen molar-refractivity contribution in [2.45, 2.75) is 52.4 Å². The fourth-order valence-electron chi connectivity index (χ4n) is 3.91. The number of allylic oxidation sites excluding steroid dienone is 1. The Balaban J connectivity index is 1.75. The van der Waals surface area contributed by atoms with E-state index in [4.69, 9.17) is 0 Å². The Labute approximate surface area is 157 Å². The van der Waals surface area contributed by atoms with Gasteiger partial charge in [-0.05, 0) is 45.0 Å². The monoisotopic (exact) mass is 353 g/mol. The standard InChI is InChI=1S/C21H31N5/c1-4-12-26-18(3)19(14-23-26)15-24(16-20-9-6-7-11-22-20)17-21-10-8-13-25(21)5-2/h4,6-7,9,11,14,21H,1,5,8,10,12-13,15-17H2,2-3H3. The average molecular weight is 354 g/mol. The van der Waals surface area contributed by atoms with Crippen LogP contribution in [0.5, 0.6) is 0 Å². The lowest BCUT2D eigenvalue weighted by molar-refractivity contribution is 0.164. The number of pyridine rings is 1. The first-order valence-corrected chi connectivity index (χ1v) is 9.69. The van der Waals surface area contributed by atoms with Gasteiger partial charge in [0.15, 0.2) is 0 Å². The van der Waals surface area contributed by atoms with Gasteiger partial charge in [-0.25, -0.2) is 0 Å². The highest BCUT2D eigenvalue weighted by atomic mass is 15.3. The van der Waals surface area contributed by atoms with Crippen molar-refractivity contribution in [3.8, 4) is 0 Å². The number of rotatable bonds is 9. The first-order valence-electron chi connectivity index (χ1n) is 9.69. The molecule has 26 heavy (non-hydrogen) atoms. The highest BCUT2D eigenvalue weighted by molar-refractivity contribution is 5.17. The number of likely N-dealkylation sites (N-methyl/N-ethyl adjacent to an activating group) is 1. The van der Waals surface area contributed by atoms with Gasteiger partial charge in [0.1, 0.15) is 0 Å². The summed E-state index contributed by atoms with van der Waals surface area (Å²) in [4.78, 5) is 9.68. The highest BCUT2D eigenvalue weighted by Crippen LogP contribution is 2.20. The quantitative estimate of drug-likeness (QED) is 0.649. The summed E-state index contributed by atoms with van der Waals surface area (Å²) >= 11 is 0.